The molecule has 0 radical (unpaired) electrons. The van der Waals surface area contributed by atoms with Crippen molar-refractivity contribution in [1.29, 1.82) is 5.26 Å². The molecular formula is C21H25F2N3O2S. The smallest absolute Gasteiger partial charge is 0.241 e. The summed E-state index contributed by atoms with van der Waals surface area (Å²) in [5, 5.41) is 9.51. The molecule has 0 aliphatic heterocycles. The minimum atomic E-state index is -2.43. The number of rotatable bonds is 8. The highest BCUT2D eigenvalue weighted by Gasteiger charge is 2.32. The third-order valence-electron chi connectivity index (χ3n) is 4.17. The van der Waals surface area contributed by atoms with Gasteiger partial charge in [-0.3, -0.25) is 0 Å². The van der Waals surface area contributed by atoms with Crippen molar-refractivity contribution in [2.24, 2.45) is 0 Å². The fourth-order valence-corrected chi connectivity index (χ4v) is 4.18. The Morgan fingerprint density at radius 1 is 1.28 bits per heavy atom. The number of hydrogen-bond donors (Lipinski definition) is 0. The van der Waals surface area contributed by atoms with Gasteiger partial charge < -0.3 is 4.74 Å². The first-order valence-corrected chi connectivity index (χ1v) is 10.3. The number of nitrogens with zero attached hydrogens (tertiary/aromatic N) is 3. The van der Waals surface area contributed by atoms with Crippen molar-refractivity contribution in [3.63, 3.8) is 0 Å². The number of aromatic nitrogens is 1. The van der Waals surface area contributed by atoms with Gasteiger partial charge in [0, 0.05) is 25.2 Å². The van der Waals surface area contributed by atoms with E-state index in [1.165, 1.54) is 6.20 Å². The molecule has 0 aliphatic rings. The molecule has 0 aliphatic carbocycles. The van der Waals surface area contributed by atoms with Crippen molar-refractivity contribution in [3.8, 4) is 11.8 Å². The Morgan fingerprint density at radius 2 is 2.00 bits per heavy atom. The molecule has 0 N–H and O–H groups in total. The number of nitriles is 1. The van der Waals surface area contributed by atoms with E-state index in [0.717, 1.165) is 5.56 Å². The van der Waals surface area contributed by atoms with Crippen LogP contribution in [0.5, 0.6) is 5.75 Å². The van der Waals surface area contributed by atoms with Crippen LogP contribution in [0.2, 0.25) is 0 Å². The Labute approximate surface area is 172 Å². The first kappa shape index (κ1) is 22.9. The van der Waals surface area contributed by atoms with Gasteiger partial charge in [0.1, 0.15) is 28.5 Å². The molecule has 5 nitrogen and oxygen atoms in total. The Bertz CT molecular complexity index is 894. The zero-order valence-corrected chi connectivity index (χ0v) is 17.7. The van der Waals surface area contributed by atoms with Gasteiger partial charge in [-0.1, -0.05) is 18.2 Å². The number of halogens is 2. The van der Waals surface area contributed by atoms with Gasteiger partial charge in [0.2, 0.25) is 6.43 Å². The van der Waals surface area contributed by atoms with Gasteiger partial charge >= 0.3 is 0 Å². The van der Waals surface area contributed by atoms with E-state index in [1.807, 2.05) is 26.8 Å². The third kappa shape index (κ3) is 6.05. The van der Waals surface area contributed by atoms with Gasteiger partial charge in [0.05, 0.1) is 17.4 Å². The molecule has 1 aromatic heterocycles. The van der Waals surface area contributed by atoms with Crippen molar-refractivity contribution in [1.82, 2.24) is 9.29 Å². The van der Waals surface area contributed by atoms with E-state index in [1.54, 1.807) is 41.7 Å². The third-order valence-corrected chi connectivity index (χ3v) is 5.95. The van der Waals surface area contributed by atoms with Gasteiger partial charge in [-0.25, -0.2) is 22.3 Å². The number of benzene rings is 1. The molecule has 2 aromatic rings. The number of pyridine rings is 1. The van der Waals surface area contributed by atoms with Crippen LogP contribution in [0, 0.1) is 11.3 Å². The standard InChI is InChI=1S/C21H25F2N3O2S/c1-21(2,3)29(27)26(4)20(17-9-6-11-25-18(17)14-24)15-7-5-8-16(13-15)28-12-10-19(22)23/h5-9,11,13,19-20H,10,12H2,1-4H3. The van der Waals surface area contributed by atoms with Gasteiger partial charge in [-0.15, -0.1) is 0 Å². The van der Waals surface area contributed by atoms with Crippen LogP contribution in [0.4, 0.5) is 8.78 Å². The predicted molar refractivity (Wildman–Crippen MR) is 109 cm³/mol. The van der Waals surface area contributed by atoms with Gasteiger partial charge in [-0.05, 0) is 44.5 Å². The van der Waals surface area contributed by atoms with E-state index in [0.29, 0.717) is 11.3 Å². The second-order valence-corrected chi connectivity index (χ2v) is 9.76. The molecule has 0 saturated carbocycles. The minimum Gasteiger partial charge on any atom is -0.493 e. The van der Waals surface area contributed by atoms with Crippen molar-refractivity contribution in [2.75, 3.05) is 13.7 Å². The van der Waals surface area contributed by atoms with Crippen molar-refractivity contribution in [3.05, 3.63) is 59.4 Å². The highest BCUT2D eigenvalue weighted by Crippen LogP contribution is 2.34. The molecule has 156 valence electrons. The quantitative estimate of drug-likeness (QED) is 0.631. The van der Waals surface area contributed by atoms with E-state index in [4.69, 9.17) is 4.74 Å². The normalized spacial score (nSPS) is 13.9. The maximum Gasteiger partial charge on any atom is 0.241 e. The predicted octanol–water partition coefficient (Wildman–Crippen LogP) is 4.47. The first-order chi connectivity index (χ1) is 13.6. The average molecular weight is 422 g/mol. The lowest BCUT2D eigenvalue weighted by Gasteiger charge is -2.33. The Kier molecular flexibility index (Phi) is 7.82. The van der Waals surface area contributed by atoms with E-state index in [2.05, 4.69) is 11.1 Å². The molecule has 2 rings (SSSR count). The van der Waals surface area contributed by atoms with Gasteiger partial charge in [-0.2, -0.15) is 5.26 Å². The Balaban J connectivity index is 2.48. The lowest BCUT2D eigenvalue weighted by molar-refractivity contribution is 0.114. The molecule has 1 heterocycles. The summed E-state index contributed by atoms with van der Waals surface area (Å²) in [6.45, 7) is 5.50. The van der Waals surface area contributed by atoms with Crippen LogP contribution in [0.1, 0.15) is 50.1 Å². The summed E-state index contributed by atoms with van der Waals surface area (Å²) >= 11 is 0. The molecule has 8 heteroatoms. The zero-order valence-electron chi connectivity index (χ0n) is 16.9. The van der Waals surface area contributed by atoms with Crippen molar-refractivity contribution >= 4 is 11.0 Å². The second-order valence-electron chi connectivity index (χ2n) is 7.46. The molecule has 0 saturated heterocycles. The summed E-state index contributed by atoms with van der Waals surface area (Å²) in [7, 11) is 0.341. The molecular weight excluding hydrogens is 396 g/mol. The summed E-state index contributed by atoms with van der Waals surface area (Å²) in [6, 6.07) is 12.0. The van der Waals surface area contributed by atoms with E-state index < -0.39 is 28.2 Å². The Morgan fingerprint density at radius 3 is 2.62 bits per heavy atom. The minimum absolute atomic E-state index is 0.105. The maximum atomic E-state index is 13.1. The molecule has 2 unspecified atom stereocenters. The molecule has 1 aromatic carbocycles. The van der Waals surface area contributed by atoms with Crippen LogP contribution in [0.15, 0.2) is 42.6 Å². The maximum absolute atomic E-state index is 13.1. The SMILES string of the molecule is CN(C(c1cccc(OCCC(F)F)c1)c1cccnc1C#N)S(=O)C(C)(C)C. The van der Waals surface area contributed by atoms with Gasteiger partial charge in [0.15, 0.2) is 0 Å². The molecule has 0 spiro atoms. The van der Waals surface area contributed by atoms with Gasteiger partial charge in [0.25, 0.3) is 0 Å². The highest BCUT2D eigenvalue weighted by atomic mass is 32.2. The summed E-state index contributed by atoms with van der Waals surface area (Å²) < 4.78 is 44.5. The number of hydrogen-bond acceptors (Lipinski definition) is 4. The second kappa shape index (κ2) is 9.90. The topological polar surface area (TPSA) is 66.2 Å². The summed E-state index contributed by atoms with van der Waals surface area (Å²) in [4.78, 5) is 4.14. The molecule has 0 fully saturated rings. The van der Waals surface area contributed by atoms with E-state index >= 15 is 0 Å². The Hall–Kier alpha value is -2.37. The first-order valence-electron chi connectivity index (χ1n) is 9.16. The van der Waals surface area contributed by atoms with Crippen LogP contribution >= 0.6 is 0 Å². The largest absolute Gasteiger partial charge is 0.493 e. The van der Waals surface area contributed by atoms with Crippen molar-refractivity contribution < 1.29 is 17.7 Å². The van der Waals surface area contributed by atoms with Crippen LogP contribution in [0.25, 0.3) is 0 Å². The molecule has 0 amide bonds. The summed E-state index contributed by atoms with van der Waals surface area (Å²) in [6.07, 6.45) is -1.26. The molecule has 0 bridgehead atoms. The lowest BCUT2D eigenvalue weighted by Crippen LogP contribution is -2.38. The monoisotopic (exact) mass is 421 g/mol. The highest BCUT2D eigenvalue weighted by molar-refractivity contribution is 7.84. The van der Waals surface area contributed by atoms with Crippen LogP contribution in [-0.4, -0.2) is 38.3 Å². The van der Waals surface area contributed by atoms with E-state index in [-0.39, 0.29) is 18.7 Å². The van der Waals surface area contributed by atoms with Crippen LogP contribution in [-0.2, 0) is 11.0 Å². The van der Waals surface area contributed by atoms with E-state index in [9.17, 15) is 18.3 Å². The number of ether oxygens (including phenoxy) is 1. The fourth-order valence-electron chi connectivity index (χ4n) is 2.89. The molecule has 29 heavy (non-hydrogen) atoms. The molecule has 2 atom stereocenters. The lowest BCUT2D eigenvalue weighted by atomic mass is 9.97. The van der Waals surface area contributed by atoms with Crippen molar-refractivity contribution in [2.45, 2.75) is 44.4 Å². The van der Waals surface area contributed by atoms with Crippen LogP contribution in [0.3, 0.4) is 0 Å². The summed E-state index contributed by atoms with van der Waals surface area (Å²) in [5.41, 5.74) is 1.57. The average Bonchev–Trinajstić information content (AvgIpc) is 2.67. The van der Waals surface area contributed by atoms with Crippen LogP contribution < -0.4 is 4.74 Å². The zero-order chi connectivity index (χ0) is 21.6. The summed E-state index contributed by atoms with van der Waals surface area (Å²) in [5.74, 6) is 0.436. The number of alkyl halides is 2. The fraction of sp³-hybridized carbons (Fsp3) is 0.429.